The lowest BCUT2D eigenvalue weighted by Crippen LogP contribution is -2.20. The fourth-order valence-corrected chi connectivity index (χ4v) is 3.05. The number of benzene rings is 2. The molecule has 0 N–H and O–H groups in total. The standard InChI is InChI=1S/C21H24O4.2C2H6/c1-23-20-14-17(21(22)25-18-10-6-3-7-11-18)12-13-19(20)24-15-16-8-4-2-5-9-16;2*1-2/h2,4-5,8-9,12-14,18H,3,6-7,10-11,15H2,1H3;2*1-2H3. The summed E-state index contributed by atoms with van der Waals surface area (Å²) in [4.78, 5) is 12.4. The minimum Gasteiger partial charge on any atom is -0.493 e. The molecule has 2 aromatic rings. The van der Waals surface area contributed by atoms with E-state index in [-0.39, 0.29) is 12.1 Å². The van der Waals surface area contributed by atoms with Gasteiger partial charge in [-0.1, -0.05) is 64.4 Å². The Bertz CT molecular complexity index is 691. The van der Waals surface area contributed by atoms with Crippen LogP contribution in [-0.4, -0.2) is 19.2 Å². The maximum absolute atomic E-state index is 12.4. The number of methoxy groups -OCH3 is 1. The van der Waals surface area contributed by atoms with E-state index in [9.17, 15) is 4.79 Å². The fourth-order valence-electron chi connectivity index (χ4n) is 3.05. The molecule has 0 radical (unpaired) electrons. The van der Waals surface area contributed by atoms with Crippen LogP contribution in [0.1, 0.15) is 75.7 Å². The number of hydrogen-bond donors (Lipinski definition) is 0. The first-order valence-electron chi connectivity index (χ1n) is 10.8. The molecule has 0 saturated heterocycles. The van der Waals surface area contributed by atoms with Crippen LogP contribution >= 0.6 is 0 Å². The zero-order chi connectivity index (χ0) is 21.5. The third-order valence-electron chi connectivity index (χ3n) is 4.46. The predicted molar refractivity (Wildman–Crippen MR) is 119 cm³/mol. The monoisotopic (exact) mass is 400 g/mol. The summed E-state index contributed by atoms with van der Waals surface area (Å²) in [6.07, 6.45) is 5.46. The summed E-state index contributed by atoms with van der Waals surface area (Å²) >= 11 is 0. The molecule has 4 heteroatoms. The van der Waals surface area contributed by atoms with Crippen molar-refractivity contribution in [2.45, 2.75) is 72.5 Å². The summed E-state index contributed by atoms with van der Waals surface area (Å²) in [5.41, 5.74) is 1.57. The third kappa shape index (κ3) is 8.18. The first-order valence-corrected chi connectivity index (χ1v) is 10.8. The second-order valence-electron chi connectivity index (χ2n) is 6.31. The van der Waals surface area contributed by atoms with Gasteiger partial charge in [0.15, 0.2) is 11.5 Å². The molecule has 0 spiro atoms. The van der Waals surface area contributed by atoms with Crippen LogP contribution < -0.4 is 9.47 Å². The van der Waals surface area contributed by atoms with E-state index >= 15 is 0 Å². The molecule has 0 unspecified atom stereocenters. The summed E-state index contributed by atoms with van der Waals surface area (Å²) in [5, 5.41) is 0. The van der Waals surface area contributed by atoms with Crippen molar-refractivity contribution in [3.63, 3.8) is 0 Å². The molecule has 3 rings (SSSR count). The Labute approximate surface area is 176 Å². The number of ether oxygens (including phenoxy) is 3. The highest BCUT2D eigenvalue weighted by Crippen LogP contribution is 2.30. The number of rotatable bonds is 6. The van der Waals surface area contributed by atoms with E-state index in [0.29, 0.717) is 23.7 Å². The zero-order valence-electron chi connectivity index (χ0n) is 18.6. The summed E-state index contributed by atoms with van der Waals surface area (Å²) < 4.78 is 16.8. The van der Waals surface area contributed by atoms with Gasteiger partial charge in [0.2, 0.25) is 0 Å². The molecule has 1 aliphatic rings. The van der Waals surface area contributed by atoms with Crippen LogP contribution in [0, 0.1) is 0 Å². The van der Waals surface area contributed by atoms with E-state index in [4.69, 9.17) is 14.2 Å². The van der Waals surface area contributed by atoms with Crippen molar-refractivity contribution in [2.75, 3.05) is 7.11 Å². The van der Waals surface area contributed by atoms with Crippen molar-refractivity contribution in [1.82, 2.24) is 0 Å². The van der Waals surface area contributed by atoms with Crippen molar-refractivity contribution in [3.8, 4) is 11.5 Å². The third-order valence-corrected chi connectivity index (χ3v) is 4.46. The van der Waals surface area contributed by atoms with Crippen LogP contribution in [-0.2, 0) is 11.3 Å². The Kier molecular flexibility index (Phi) is 12.3. The predicted octanol–water partition coefficient (Wildman–Crippen LogP) is 6.82. The van der Waals surface area contributed by atoms with Gasteiger partial charge in [-0.05, 0) is 49.4 Å². The average molecular weight is 401 g/mol. The SMILES string of the molecule is CC.CC.COc1cc(C(=O)OC2CCCCC2)ccc1OCc1ccccc1. The van der Waals surface area contributed by atoms with E-state index in [1.54, 1.807) is 25.3 Å². The zero-order valence-corrected chi connectivity index (χ0v) is 18.6. The van der Waals surface area contributed by atoms with E-state index in [0.717, 1.165) is 31.2 Å². The largest absolute Gasteiger partial charge is 0.493 e. The van der Waals surface area contributed by atoms with Crippen LogP contribution in [0.25, 0.3) is 0 Å². The highest BCUT2D eigenvalue weighted by atomic mass is 16.5. The number of carbonyl (C=O) groups excluding carboxylic acids is 1. The van der Waals surface area contributed by atoms with Crippen molar-refractivity contribution in [1.29, 1.82) is 0 Å². The summed E-state index contributed by atoms with van der Waals surface area (Å²) in [7, 11) is 1.57. The molecule has 0 aliphatic heterocycles. The van der Waals surface area contributed by atoms with Gasteiger partial charge >= 0.3 is 5.97 Å². The molecule has 0 aromatic heterocycles. The van der Waals surface area contributed by atoms with Gasteiger partial charge in [0.05, 0.1) is 12.7 Å². The normalized spacial score (nSPS) is 13.1. The molecule has 29 heavy (non-hydrogen) atoms. The van der Waals surface area contributed by atoms with Crippen molar-refractivity contribution >= 4 is 5.97 Å². The van der Waals surface area contributed by atoms with Crippen LogP contribution in [0.4, 0.5) is 0 Å². The second-order valence-corrected chi connectivity index (χ2v) is 6.31. The Morgan fingerprint density at radius 1 is 0.897 bits per heavy atom. The first-order chi connectivity index (χ1) is 14.3. The number of carbonyl (C=O) groups is 1. The van der Waals surface area contributed by atoms with Crippen LogP contribution in [0.2, 0.25) is 0 Å². The summed E-state index contributed by atoms with van der Waals surface area (Å²) in [5.74, 6) is 0.856. The van der Waals surface area contributed by atoms with Gasteiger partial charge in [0.1, 0.15) is 12.7 Å². The van der Waals surface area contributed by atoms with Crippen molar-refractivity contribution < 1.29 is 19.0 Å². The lowest BCUT2D eigenvalue weighted by Gasteiger charge is -2.22. The Hall–Kier alpha value is -2.49. The molecular formula is C25H36O4. The summed E-state index contributed by atoms with van der Waals surface area (Å²) in [6, 6.07) is 15.1. The van der Waals surface area contributed by atoms with Gasteiger partial charge in [-0.15, -0.1) is 0 Å². The van der Waals surface area contributed by atoms with Crippen molar-refractivity contribution in [3.05, 3.63) is 59.7 Å². The number of hydrogen-bond acceptors (Lipinski definition) is 4. The minimum atomic E-state index is -0.292. The van der Waals surface area contributed by atoms with Gasteiger partial charge in [0.25, 0.3) is 0 Å². The molecular weight excluding hydrogens is 364 g/mol. The maximum atomic E-state index is 12.4. The van der Waals surface area contributed by atoms with E-state index in [2.05, 4.69) is 0 Å². The molecule has 1 aliphatic carbocycles. The minimum absolute atomic E-state index is 0.0428. The highest BCUT2D eigenvalue weighted by molar-refractivity contribution is 5.90. The van der Waals surface area contributed by atoms with Crippen molar-refractivity contribution in [2.24, 2.45) is 0 Å². The van der Waals surface area contributed by atoms with Crippen LogP contribution in [0.15, 0.2) is 48.5 Å². The molecule has 0 amide bonds. The Balaban J connectivity index is 0.000000989. The smallest absolute Gasteiger partial charge is 0.338 e. The molecule has 0 atom stereocenters. The Morgan fingerprint density at radius 2 is 1.55 bits per heavy atom. The van der Waals surface area contributed by atoms with E-state index in [1.165, 1.54) is 6.42 Å². The lowest BCUT2D eigenvalue weighted by atomic mass is 9.98. The van der Waals surface area contributed by atoms with Gasteiger partial charge in [0, 0.05) is 0 Å². The van der Waals surface area contributed by atoms with Gasteiger partial charge in [-0.2, -0.15) is 0 Å². The first kappa shape index (κ1) is 24.5. The quantitative estimate of drug-likeness (QED) is 0.499. The van der Waals surface area contributed by atoms with E-state index < -0.39 is 0 Å². The molecule has 4 nitrogen and oxygen atoms in total. The van der Waals surface area contributed by atoms with Gasteiger partial charge in [-0.25, -0.2) is 4.79 Å². The van der Waals surface area contributed by atoms with Crippen LogP contribution in [0.5, 0.6) is 11.5 Å². The average Bonchev–Trinajstić information content (AvgIpc) is 2.81. The van der Waals surface area contributed by atoms with Crippen LogP contribution in [0.3, 0.4) is 0 Å². The van der Waals surface area contributed by atoms with Gasteiger partial charge in [-0.3, -0.25) is 0 Å². The topological polar surface area (TPSA) is 44.8 Å². The molecule has 0 bridgehead atoms. The molecule has 160 valence electrons. The second kappa shape index (κ2) is 14.5. The molecule has 0 heterocycles. The Morgan fingerprint density at radius 3 is 2.17 bits per heavy atom. The van der Waals surface area contributed by atoms with Gasteiger partial charge < -0.3 is 14.2 Å². The molecule has 1 saturated carbocycles. The van der Waals surface area contributed by atoms with E-state index in [1.807, 2.05) is 58.0 Å². The maximum Gasteiger partial charge on any atom is 0.338 e. The molecule has 2 aromatic carbocycles. The number of esters is 1. The molecule has 1 fully saturated rings. The highest BCUT2D eigenvalue weighted by Gasteiger charge is 2.20. The summed E-state index contributed by atoms with van der Waals surface area (Å²) in [6.45, 7) is 8.45. The fraction of sp³-hybridized carbons (Fsp3) is 0.480. The lowest BCUT2D eigenvalue weighted by molar-refractivity contribution is 0.0210.